The molecule has 1 spiro atoms. The van der Waals surface area contributed by atoms with Gasteiger partial charge < -0.3 is 15.2 Å². The van der Waals surface area contributed by atoms with E-state index in [9.17, 15) is 0 Å². The van der Waals surface area contributed by atoms with Gasteiger partial charge in [0.25, 0.3) is 0 Å². The minimum atomic E-state index is -0.0312. The second kappa shape index (κ2) is 5.94. The van der Waals surface area contributed by atoms with Crippen LogP contribution in [0.2, 0.25) is 0 Å². The Kier molecular flexibility index (Phi) is 4.40. The molecule has 116 valence electrons. The minimum absolute atomic E-state index is 0.0312. The van der Waals surface area contributed by atoms with Crippen molar-refractivity contribution in [3.63, 3.8) is 0 Å². The normalized spacial score (nSPS) is 33.6. The van der Waals surface area contributed by atoms with Crippen molar-refractivity contribution in [1.82, 2.24) is 0 Å². The van der Waals surface area contributed by atoms with E-state index in [1.807, 2.05) is 0 Å². The molecule has 2 unspecified atom stereocenters. The fourth-order valence-corrected chi connectivity index (χ4v) is 5.00. The topological polar surface area (TPSA) is 44.5 Å². The minimum Gasteiger partial charge on any atom is -0.375 e. The maximum Gasteiger partial charge on any atom is 0.0835 e. The maximum atomic E-state index is 6.75. The molecular formula is C17H31NO2. The summed E-state index contributed by atoms with van der Waals surface area (Å²) in [4.78, 5) is 0. The highest BCUT2D eigenvalue weighted by atomic mass is 16.5. The molecule has 3 nitrogen and oxygen atoms in total. The van der Waals surface area contributed by atoms with Crippen LogP contribution in [0.3, 0.4) is 0 Å². The number of hydrogen-bond acceptors (Lipinski definition) is 3. The zero-order valence-corrected chi connectivity index (χ0v) is 13.0. The van der Waals surface area contributed by atoms with E-state index in [0.717, 1.165) is 32.5 Å². The van der Waals surface area contributed by atoms with Crippen molar-refractivity contribution < 1.29 is 9.47 Å². The lowest BCUT2D eigenvalue weighted by Crippen LogP contribution is -2.55. The number of rotatable bonds is 4. The number of ether oxygens (including phenoxy) is 2. The van der Waals surface area contributed by atoms with E-state index in [4.69, 9.17) is 15.2 Å². The van der Waals surface area contributed by atoms with Gasteiger partial charge in [-0.1, -0.05) is 25.7 Å². The first-order valence-electron chi connectivity index (χ1n) is 8.73. The highest BCUT2D eigenvalue weighted by molar-refractivity contribution is 5.02. The lowest BCUT2D eigenvalue weighted by atomic mass is 9.74. The van der Waals surface area contributed by atoms with Gasteiger partial charge in [0.1, 0.15) is 0 Å². The summed E-state index contributed by atoms with van der Waals surface area (Å²) in [6.45, 7) is 3.80. The van der Waals surface area contributed by atoms with E-state index in [1.54, 1.807) is 0 Å². The van der Waals surface area contributed by atoms with Crippen LogP contribution in [0.1, 0.15) is 71.1 Å². The van der Waals surface area contributed by atoms with Crippen molar-refractivity contribution in [3.8, 4) is 0 Å². The average molecular weight is 281 g/mol. The third-order valence-electron chi connectivity index (χ3n) is 6.04. The summed E-state index contributed by atoms with van der Waals surface area (Å²) in [6, 6.07) is 0.200. The van der Waals surface area contributed by atoms with E-state index in [2.05, 4.69) is 6.92 Å². The molecule has 0 radical (unpaired) electrons. The highest BCUT2D eigenvalue weighted by Gasteiger charge is 2.48. The Morgan fingerprint density at radius 1 is 1.15 bits per heavy atom. The van der Waals surface area contributed by atoms with Crippen LogP contribution in [-0.2, 0) is 9.47 Å². The summed E-state index contributed by atoms with van der Waals surface area (Å²) in [6.07, 6.45) is 12.3. The van der Waals surface area contributed by atoms with E-state index >= 15 is 0 Å². The van der Waals surface area contributed by atoms with E-state index in [0.29, 0.717) is 5.92 Å². The Hall–Kier alpha value is -0.120. The Bertz CT molecular complexity index is 319. The molecule has 1 heterocycles. The molecule has 2 saturated carbocycles. The first kappa shape index (κ1) is 14.8. The molecule has 3 rings (SSSR count). The van der Waals surface area contributed by atoms with Crippen LogP contribution in [0.25, 0.3) is 0 Å². The average Bonchev–Trinajstić information content (AvgIpc) is 3.10. The van der Waals surface area contributed by atoms with Gasteiger partial charge in [-0.25, -0.2) is 0 Å². The van der Waals surface area contributed by atoms with Crippen LogP contribution in [-0.4, -0.2) is 30.5 Å². The smallest absolute Gasteiger partial charge is 0.0835 e. The summed E-state index contributed by atoms with van der Waals surface area (Å²) in [5, 5.41) is 0. The van der Waals surface area contributed by atoms with Crippen molar-refractivity contribution in [2.24, 2.45) is 11.7 Å². The van der Waals surface area contributed by atoms with Crippen LogP contribution in [0.5, 0.6) is 0 Å². The second-order valence-electron chi connectivity index (χ2n) is 7.22. The van der Waals surface area contributed by atoms with E-state index < -0.39 is 0 Å². The Morgan fingerprint density at radius 3 is 2.45 bits per heavy atom. The standard InChI is InChI=1S/C17H31NO2/c1-2-19-17(10-5-6-11-17)15(18)14-7-12-20-16(13-14)8-3-4-9-16/h14-15H,2-13,18H2,1H3. The van der Waals surface area contributed by atoms with Crippen molar-refractivity contribution in [1.29, 1.82) is 0 Å². The van der Waals surface area contributed by atoms with Gasteiger partial charge in [0.05, 0.1) is 11.2 Å². The fraction of sp³-hybridized carbons (Fsp3) is 1.00. The van der Waals surface area contributed by atoms with Crippen LogP contribution in [0.4, 0.5) is 0 Å². The quantitative estimate of drug-likeness (QED) is 0.859. The SMILES string of the molecule is CCOC1(C(N)C2CCOC3(CCCC3)C2)CCCC1. The molecule has 2 N–H and O–H groups in total. The van der Waals surface area contributed by atoms with Crippen LogP contribution < -0.4 is 5.73 Å². The monoisotopic (exact) mass is 281 g/mol. The Balaban J connectivity index is 1.70. The van der Waals surface area contributed by atoms with E-state index in [1.165, 1.54) is 44.9 Å². The third-order valence-corrected chi connectivity index (χ3v) is 6.04. The zero-order valence-electron chi connectivity index (χ0n) is 13.0. The molecule has 2 aliphatic carbocycles. The Labute approximate surface area is 123 Å². The van der Waals surface area contributed by atoms with Gasteiger partial charge in [-0.05, 0) is 51.4 Å². The zero-order chi connectivity index (χ0) is 14.1. The molecule has 0 bridgehead atoms. The maximum absolute atomic E-state index is 6.75. The van der Waals surface area contributed by atoms with Crippen molar-refractivity contribution in [2.45, 2.75) is 88.4 Å². The molecule has 2 atom stereocenters. The fourth-order valence-electron chi connectivity index (χ4n) is 5.00. The molecule has 0 aromatic heterocycles. The molecule has 1 saturated heterocycles. The molecule has 0 aromatic rings. The van der Waals surface area contributed by atoms with Gasteiger partial charge in [0.2, 0.25) is 0 Å². The molecular weight excluding hydrogens is 250 g/mol. The van der Waals surface area contributed by atoms with Gasteiger partial charge in [-0.2, -0.15) is 0 Å². The van der Waals surface area contributed by atoms with Crippen LogP contribution >= 0.6 is 0 Å². The van der Waals surface area contributed by atoms with Gasteiger partial charge in [-0.15, -0.1) is 0 Å². The molecule has 3 aliphatic rings. The lowest BCUT2D eigenvalue weighted by molar-refractivity contribution is -0.123. The predicted octanol–water partition coefficient (Wildman–Crippen LogP) is 3.40. The molecule has 3 heteroatoms. The summed E-state index contributed by atoms with van der Waals surface area (Å²) < 4.78 is 12.4. The predicted molar refractivity (Wildman–Crippen MR) is 80.7 cm³/mol. The summed E-state index contributed by atoms with van der Waals surface area (Å²) in [5.41, 5.74) is 6.89. The van der Waals surface area contributed by atoms with Gasteiger partial charge >= 0.3 is 0 Å². The summed E-state index contributed by atoms with van der Waals surface area (Å²) in [5.74, 6) is 0.589. The third kappa shape index (κ3) is 2.65. The summed E-state index contributed by atoms with van der Waals surface area (Å²) >= 11 is 0. The van der Waals surface area contributed by atoms with Crippen molar-refractivity contribution in [2.75, 3.05) is 13.2 Å². The van der Waals surface area contributed by atoms with Gasteiger partial charge in [0, 0.05) is 19.3 Å². The van der Waals surface area contributed by atoms with Crippen LogP contribution in [0, 0.1) is 5.92 Å². The second-order valence-corrected chi connectivity index (χ2v) is 7.22. The highest BCUT2D eigenvalue weighted by Crippen LogP contribution is 2.46. The number of nitrogens with two attached hydrogens (primary N) is 1. The molecule has 0 aromatic carbocycles. The summed E-state index contributed by atoms with van der Waals surface area (Å²) in [7, 11) is 0. The molecule has 3 fully saturated rings. The van der Waals surface area contributed by atoms with Crippen molar-refractivity contribution in [3.05, 3.63) is 0 Å². The lowest BCUT2D eigenvalue weighted by Gasteiger charge is -2.45. The van der Waals surface area contributed by atoms with Crippen LogP contribution in [0.15, 0.2) is 0 Å². The van der Waals surface area contributed by atoms with Crippen molar-refractivity contribution >= 4 is 0 Å². The first-order chi connectivity index (χ1) is 9.70. The first-order valence-corrected chi connectivity index (χ1v) is 8.73. The van der Waals surface area contributed by atoms with Gasteiger partial charge in [-0.3, -0.25) is 0 Å². The van der Waals surface area contributed by atoms with E-state index in [-0.39, 0.29) is 17.2 Å². The molecule has 0 amide bonds. The molecule has 1 aliphatic heterocycles. The Morgan fingerprint density at radius 2 is 1.80 bits per heavy atom. The van der Waals surface area contributed by atoms with Gasteiger partial charge in [0.15, 0.2) is 0 Å². The number of hydrogen-bond donors (Lipinski definition) is 1. The largest absolute Gasteiger partial charge is 0.375 e. The molecule has 20 heavy (non-hydrogen) atoms.